The summed E-state index contributed by atoms with van der Waals surface area (Å²) >= 11 is 0. The Morgan fingerprint density at radius 2 is 2.26 bits per heavy atom. The van der Waals surface area contributed by atoms with Crippen LogP contribution >= 0.6 is 0 Å². The number of rotatable bonds is 5. The van der Waals surface area contributed by atoms with Crippen molar-refractivity contribution >= 4 is 15.7 Å². The predicted molar refractivity (Wildman–Crippen MR) is 73.2 cm³/mol. The largest absolute Gasteiger partial charge is 0.478 e. The SMILES string of the molecule is CCOc1ncnc(NCC2CCS(=O)(=O)C2)c1C. The molecular weight excluding hydrogens is 266 g/mol. The zero-order valence-electron chi connectivity index (χ0n) is 11.2. The average Bonchev–Trinajstić information content (AvgIpc) is 2.70. The molecule has 1 aromatic rings. The van der Waals surface area contributed by atoms with E-state index in [1.807, 2.05) is 13.8 Å². The number of hydrogen-bond acceptors (Lipinski definition) is 6. The summed E-state index contributed by atoms with van der Waals surface area (Å²) in [6.45, 7) is 4.96. The van der Waals surface area contributed by atoms with Gasteiger partial charge < -0.3 is 10.1 Å². The lowest BCUT2D eigenvalue weighted by atomic mass is 10.1. The van der Waals surface area contributed by atoms with Crippen molar-refractivity contribution in [2.24, 2.45) is 5.92 Å². The summed E-state index contributed by atoms with van der Waals surface area (Å²) < 4.78 is 28.2. The first kappa shape index (κ1) is 14.0. The molecule has 0 amide bonds. The Balaban J connectivity index is 1.98. The number of hydrogen-bond donors (Lipinski definition) is 1. The van der Waals surface area contributed by atoms with Gasteiger partial charge in [-0.05, 0) is 26.2 Å². The van der Waals surface area contributed by atoms with Crippen molar-refractivity contribution in [3.8, 4) is 5.88 Å². The molecule has 7 heteroatoms. The maximum atomic E-state index is 11.4. The van der Waals surface area contributed by atoms with Gasteiger partial charge in [-0.3, -0.25) is 0 Å². The molecule has 1 aromatic heterocycles. The van der Waals surface area contributed by atoms with Gasteiger partial charge in [0.05, 0.1) is 23.7 Å². The molecule has 1 atom stereocenters. The van der Waals surface area contributed by atoms with Crippen LogP contribution in [0.25, 0.3) is 0 Å². The Morgan fingerprint density at radius 3 is 2.89 bits per heavy atom. The summed E-state index contributed by atoms with van der Waals surface area (Å²) in [5.74, 6) is 2.01. The number of nitrogens with zero attached hydrogens (tertiary/aromatic N) is 2. The monoisotopic (exact) mass is 285 g/mol. The van der Waals surface area contributed by atoms with Gasteiger partial charge in [-0.2, -0.15) is 0 Å². The van der Waals surface area contributed by atoms with E-state index in [0.717, 1.165) is 12.0 Å². The topological polar surface area (TPSA) is 81.2 Å². The van der Waals surface area contributed by atoms with Crippen molar-refractivity contribution < 1.29 is 13.2 Å². The molecule has 2 heterocycles. The van der Waals surface area contributed by atoms with E-state index in [2.05, 4.69) is 15.3 Å². The first-order chi connectivity index (χ1) is 9.02. The lowest BCUT2D eigenvalue weighted by Gasteiger charge is -2.13. The van der Waals surface area contributed by atoms with E-state index in [1.54, 1.807) is 0 Å². The molecule has 1 saturated heterocycles. The van der Waals surface area contributed by atoms with Crippen molar-refractivity contribution in [3.63, 3.8) is 0 Å². The number of nitrogens with one attached hydrogen (secondary N) is 1. The van der Waals surface area contributed by atoms with Crippen molar-refractivity contribution in [3.05, 3.63) is 11.9 Å². The summed E-state index contributed by atoms with van der Waals surface area (Å²) in [7, 11) is -2.82. The zero-order chi connectivity index (χ0) is 13.9. The number of anilines is 1. The Bertz CT molecular complexity index is 545. The van der Waals surface area contributed by atoms with E-state index in [-0.39, 0.29) is 11.7 Å². The Morgan fingerprint density at radius 1 is 1.47 bits per heavy atom. The van der Waals surface area contributed by atoms with E-state index in [9.17, 15) is 8.42 Å². The normalized spacial score (nSPS) is 21.3. The lowest BCUT2D eigenvalue weighted by molar-refractivity contribution is 0.324. The third-order valence-electron chi connectivity index (χ3n) is 3.20. The number of ether oxygens (including phenoxy) is 1. The van der Waals surface area contributed by atoms with E-state index < -0.39 is 9.84 Å². The van der Waals surface area contributed by atoms with Crippen LogP contribution in [-0.2, 0) is 9.84 Å². The fraction of sp³-hybridized carbons (Fsp3) is 0.667. The van der Waals surface area contributed by atoms with E-state index in [4.69, 9.17) is 4.74 Å². The second kappa shape index (κ2) is 5.73. The van der Waals surface area contributed by atoms with Gasteiger partial charge in [0.1, 0.15) is 12.1 Å². The van der Waals surface area contributed by atoms with Crippen LogP contribution in [0, 0.1) is 12.8 Å². The molecule has 0 saturated carbocycles. The molecule has 106 valence electrons. The van der Waals surface area contributed by atoms with Crippen LogP contribution in [-0.4, -0.2) is 43.0 Å². The smallest absolute Gasteiger partial charge is 0.221 e. The van der Waals surface area contributed by atoms with Gasteiger partial charge in [0.15, 0.2) is 9.84 Å². The molecule has 1 N–H and O–H groups in total. The molecule has 19 heavy (non-hydrogen) atoms. The van der Waals surface area contributed by atoms with Gasteiger partial charge in [-0.15, -0.1) is 0 Å². The minimum Gasteiger partial charge on any atom is -0.478 e. The molecule has 1 aliphatic heterocycles. The van der Waals surface area contributed by atoms with Gasteiger partial charge in [-0.1, -0.05) is 0 Å². The van der Waals surface area contributed by atoms with E-state index in [1.165, 1.54) is 6.33 Å². The van der Waals surface area contributed by atoms with Gasteiger partial charge in [0, 0.05) is 6.54 Å². The summed E-state index contributed by atoms with van der Waals surface area (Å²) in [5, 5.41) is 3.20. The second-order valence-electron chi connectivity index (χ2n) is 4.74. The van der Waals surface area contributed by atoms with Crippen LogP contribution in [0.2, 0.25) is 0 Å². The third kappa shape index (κ3) is 3.56. The second-order valence-corrected chi connectivity index (χ2v) is 6.96. The maximum Gasteiger partial charge on any atom is 0.221 e. The summed E-state index contributed by atoms with van der Waals surface area (Å²) in [4.78, 5) is 8.23. The van der Waals surface area contributed by atoms with Crippen LogP contribution in [0.3, 0.4) is 0 Å². The molecule has 0 aliphatic carbocycles. The minimum atomic E-state index is -2.82. The predicted octanol–water partition coefficient (Wildman–Crippen LogP) is 1.03. The molecule has 0 aromatic carbocycles. The number of sulfone groups is 1. The molecule has 2 rings (SSSR count). The molecular formula is C12H19N3O3S. The van der Waals surface area contributed by atoms with Crippen molar-refractivity contribution in [2.45, 2.75) is 20.3 Å². The molecule has 0 bridgehead atoms. The standard InChI is InChI=1S/C12H19N3O3S/c1-3-18-12-9(2)11(14-8-15-12)13-6-10-4-5-19(16,17)7-10/h8,10H,3-7H2,1-2H3,(H,13,14,15). The van der Waals surface area contributed by atoms with Gasteiger partial charge in [0.2, 0.25) is 5.88 Å². The highest BCUT2D eigenvalue weighted by Gasteiger charge is 2.27. The Kier molecular flexibility index (Phi) is 4.24. The molecule has 1 unspecified atom stereocenters. The summed E-state index contributed by atoms with van der Waals surface area (Å²) in [6, 6.07) is 0. The third-order valence-corrected chi connectivity index (χ3v) is 5.04. The quantitative estimate of drug-likeness (QED) is 0.870. The maximum absolute atomic E-state index is 11.4. The first-order valence-corrected chi connectivity index (χ1v) is 8.22. The van der Waals surface area contributed by atoms with Crippen LogP contribution in [0.5, 0.6) is 5.88 Å². The van der Waals surface area contributed by atoms with Crippen LogP contribution in [0.15, 0.2) is 6.33 Å². The average molecular weight is 285 g/mol. The first-order valence-electron chi connectivity index (χ1n) is 6.40. The van der Waals surface area contributed by atoms with Gasteiger partial charge in [-0.25, -0.2) is 18.4 Å². The highest BCUT2D eigenvalue weighted by atomic mass is 32.2. The molecule has 1 fully saturated rings. The molecule has 1 aliphatic rings. The van der Waals surface area contributed by atoms with Crippen molar-refractivity contribution in [2.75, 3.05) is 30.0 Å². The number of aromatic nitrogens is 2. The zero-order valence-corrected chi connectivity index (χ0v) is 12.0. The lowest BCUT2D eigenvalue weighted by Crippen LogP contribution is -2.17. The van der Waals surface area contributed by atoms with E-state index >= 15 is 0 Å². The van der Waals surface area contributed by atoms with Crippen molar-refractivity contribution in [1.29, 1.82) is 0 Å². The van der Waals surface area contributed by atoms with Gasteiger partial charge in [0.25, 0.3) is 0 Å². The molecule has 0 radical (unpaired) electrons. The van der Waals surface area contributed by atoms with Gasteiger partial charge >= 0.3 is 0 Å². The minimum absolute atomic E-state index is 0.162. The van der Waals surface area contributed by atoms with E-state index in [0.29, 0.717) is 30.6 Å². The Hall–Kier alpha value is -1.37. The van der Waals surface area contributed by atoms with Crippen LogP contribution in [0.1, 0.15) is 18.9 Å². The fourth-order valence-electron chi connectivity index (χ4n) is 2.17. The summed E-state index contributed by atoms with van der Waals surface area (Å²) in [6.07, 6.45) is 2.17. The van der Waals surface area contributed by atoms with Crippen molar-refractivity contribution in [1.82, 2.24) is 9.97 Å². The fourth-order valence-corrected chi connectivity index (χ4v) is 4.03. The highest BCUT2D eigenvalue weighted by molar-refractivity contribution is 7.91. The molecule has 0 spiro atoms. The highest BCUT2D eigenvalue weighted by Crippen LogP contribution is 2.22. The molecule has 6 nitrogen and oxygen atoms in total. The Labute approximate surface area is 113 Å². The van der Waals surface area contributed by atoms with Crippen LogP contribution in [0.4, 0.5) is 5.82 Å². The summed E-state index contributed by atoms with van der Waals surface area (Å²) in [5.41, 5.74) is 0.852. The van der Waals surface area contributed by atoms with Crippen LogP contribution < -0.4 is 10.1 Å².